The van der Waals surface area contributed by atoms with Crippen molar-refractivity contribution in [2.24, 2.45) is 0 Å². The van der Waals surface area contributed by atoms with Crippen molar-refractivity contribution in [3.8, 4) is 0 Å². The average Bonchev–Trinajstić information content (AvgIpc) is 2.73. The van der Waals surface area contributed by atoms with Crippen LogP contribution in [0.25, 0.3) is 0 Å². The Balaban J connectivity index is 1.31. The number of anilines is 1. The number of fused-ring (bicyclic) bond motifs is 1. The molecule has 1 amide bonds. The van der Waals surface area contributed by atoms with E-state index < -0.39 is 0 Å². The van der Waals surface area contributed by atoms with E-state index in [0.29, 0.717) is 12.2 Å². The summed E-state index contributed by atoms with van der Waals surface area (Å²) in [6.45, 7) is 4.82. The van der Waals surface area contributed by atoms with Gasteiger partial charge in [0.2, 0.25) is 5.91 Å². The minimum atomic E-state index is -0.0585. The minimum absolute atomic E-state index is 0.0585. The first kappa shape index (κ1) is 19.3. The molecule has 4 nitrogen and oxygen atoms in total. The maximum atomic E-state index is 13.2. The summed E-state index contributed by atoms with van der Waals surface area (Å²) in [4.78, 5) is 18.8. The normalized spacial score (nSPS) is 23.8. The van der Waals surface area contributed by atoms with E-state index >= 15 is 0 Å². The predicted molar refractivity (Wildman–Crippen MR) is 112 cm³/mol. The lowest BCUT2D eigenvalue weighted by atomic mass is 9.97. The highest BCUT2D eigenvalue weighted by Gasteiger charge is 2.32. The van der Waals surface area contributed by atoms with E-state index in [9.17, 15) is 4.79 Å². The van der Waals surface area contributed by atoms with Crippen LogP contribution < -0.4 is 4.90 Å². The summed E-state index contributed by atoms with van der Waals surface area (Å²) in [6, 6.07) is 8.23. The van der Waals surface area contributed by atoms with Crippen LogP contribution in [-0.2, 0) is 9.53 Å². The van der Waals surface area contributed by atoms with Gasteiger partial charge in [0.15, 0.2) is 0 Å². The second-order valence-corrected chi connectivity index (χ2v) is 9.25. The molecule has 2 aliphatic heterocycles. The summed E-state index contributed by atoms with van der Waals surface area (Å²) < 4.78 is 6.36. The van der Waals surface area contributed by atoms with Gasteiger partial charge in [0, 0.05) is 30.3 Å². The maximum absolute atomic E-state index is 13.2. The number of carbonyl (C=O) groups is 1. The minimum Gasteiger partial charge on any atom is -0.375 e. The number of hydrogen-bond acceptors (Lipinski definition) is 4. The van der Waals surface area contributed by atoms with Gasteiger partial charge < -0.3 is 9.64 Å². The Morgan fingerprint density at radius 2 is 1.74 bits per heavy atom. The molecule has 1 aromatic rings. The fourth-order valence-corrected chi connectivity index (χ4v) is 5.65. The summed E-state index contributed by atoms with van der Waals surface area (Å²) in [6.07, 6.45) is 9.48. The second-order valence-electron chi connectivity index (χ2n) is 8.11. The maximum Gasteiger partial charge on any atom is 0.244 e. The number of benzene rings is 1. The molecule has 1 aliphatic carbocycles. The van der Waals surface area contributed by atoms with Crippen molar-refractivity contribution in [2.75, 3.05) is 30.3 Å². The number of carbonyl (C=O) groups excluding carboxylic acids is 1. The number of piperidine rings is 1. The number of likely N-dealkylation sites (tertiary alicyclic amines) is 1. The van der Waals surface area contributed by atoms with Crippen LogP contribution in [0.5, 0.6) is 0 Å². The van der Waals surface area contributed by atoms with Crippen LogP contribution in [0.15, 0.2) is 29.2 Å². The van der Waals surface area contributed by atoms with Crippen LogP contribution in [0.1, 0.15) is 51.9 Å². The molecule has 5 heteroatoms. The molecule has 148 valence electrons. The fourth-order valence-electron chi connectivity index (χ4n) is 4.65. The van der Waals surface area contributed by atoms with Gasteiger partial charge in [-0.2, -0.15) is 0 Å². The number of hydrogen-bond donors (Lipinski definition) is 0. The van der Waals surface area contributed by atoms with E-state index in [4.69, 9.17) is 4.74 Å². The molecule has 1 aromatic carbocycles. The predicted octanol–water partition coefficient (Wildman–Crippen LogP) is 4.33. The largest absolute Gasteiger partial charge is 0.375 e. The highest BCUT2D eigenvalue weighted by molar-refractivity contribution is 7.99. The number of rotatable bonds is 4. The standard InChI is InChI=1S/C22H32N2O2S/c1-17(22(25)24-15-16-27-21-10-6-5-9-20(21)24)23-13-11-19(12-14-23)26-18-7-3-2-4-8-18/h5-6,9-10,17-19H,2-4,7-8,11-16H2,1H3. The molecule has 4 rings (SSSR count). The van der Waals surface area contributed by atoms with Crippen molar-refractivity contribution in [1.29, 1.82) is 0 Å². The van der Waals surface area contributed by atoms with Crippen molar-refractivity contribution in [2.45, 2.75) is 75.0 Å². The van der Waals surface area contributed by atoms with E-state index in [2.05, 4.69) is 30.0 Å². The first-order valence-corrected chi connectivity index (χ1v) is 11.6. The van der Waals surface area contributed by atoms with Gasteiger partial charge in [0.05, 0.1) is 23.9 Å². The lowest BCUT2D eigenvalue weighted by molar-refractivity contribution is -0.125. The Hall–Kier alpha value is -1.04. The molecular weight excluding hydrogens is 356 g/mol. The SMILES string of the molecule is CC(C(=O)N1CCSc2ccccc21)N1CCC(OC2CCCCC2)CC1. The summed E-state index contributed by atoms with van der Waals surface area (Å²) in [5.41, 5.74) is 1.08. The number of nitrogens with zero attached hydrogens (tertiary/aromatic N) is 2. The quantitative estimate of drug-likeness (QED) is 0.769. The van der Waals surface area contributed by atoms with Gasteiger partial charge >= 0.3 is 0 Å². The van der Waals surface area contributed by atoms with Crippen LogP contribution in [0.2, 0.25) is 0 Å². The summed E-state index contributed by atoms with van der Waals surface area (Å²) >= 11 is 1.85. The fraction of sp³-hybridized carbons (Fsp3) is 0.682. The Morgan fingerprint density at radius 3 is 2.52 bits per heavy atom. The van der Waals surface area contributed by atoms with Gasteiger partial charge in [-0.15, -0.1) is 11.8 Å². The third kappa shape index (κ3) is 4.52. The zero-order valence-corrected chi connectivity index (χ0v) is 17.3. The van der Waals surface area contributed by atoms with E-state index in [1.54, 1.807) is 0 Å². The molecular formula is C22H32N2O2S. The Morgan fingerprint density at radius 1 is 1.04 bits per heavy atom. The van der Waals surface area contributed by atoms with Crippen molar-refractivity contribution in [3.05, 3.63) is 24.3 Å². The number of thioether (sulfide) groups is 1. The van der Waals surface area contributed by atoms with Gasteiger partial charge in [-0.05, 0) is 44.7 Å². The van der Waals surface area contributed by atoms with Crippen molar-refractivity contribution in [1.82, 2.24) is 4.90 Å². The lowest BCUT2D eigenvalue weighted by Gasteiger charge is -2.39. The monoisotopic (exact) mass is 388 g/mol. The lowest BCUT2D eigenvalue weighted by Crippen LogP contribution is -2.52. The molecule has 0 radical (unpaired) electrons. The van der Waals surface area contributed by atoms with Gasteiger partial charge in [0.1, 0.15) is 0 Å². The molecule has 2 fully saturated rings. The first-order chi connectivity index (χ1) is 13.2. The molecule has 2 heterocycles. The number of ether oxygens (including phenoxy) is 1. The smallest absolute Gasteiger partial charge is 0.244 e. The van der Waals surface area contributed by atoms with Crippen molar-refractivity contribution in [3.63, 3.8) is 0 Å². The number of para-hydroxylation sites is 1. The van der Waals surface area contributed by atoms with E-state index in [1.165, 1.54) is 37.0 Å². The molecule has 3 aliphatic rings. The Bertz CT molecular complexity index is 639. The Kier molecular flexibility index (Phi) is 6.41. The highest BCUT2D eigenvalue weighted by Crippen LogP contribution is 2.35. The molecule has 0 aromatic heterocycles. The molecule has 1 unspecified atom stereocenters. The third-order valence-corrected chi connectivity index (χ3v) is 7.36. The van der Waals surface area contributed by atoms with Crippen molar-refractivity contribution >= 4 is 23.4 Å². The molecule has 1 atom stereocenters. The summed E-state index contributed by atoms with van der Waals surface area (Å²) in [5.74, 6) is 1.22. The third-order valence-electron chi connectivity index (χ3n) is 6.31. The topological polar surface area (TPSA) is 32.8 Å². The van der Waals surface area contributed by atoms with Gasteiger partial charge in [-0.25, -0.2) is 0 Å². The average molecular weight is 389 g/mol. The summed E-state index contributed by atoms with van der Waals surface area (Å²) in [5, 5.41) is 0. The molecule has 1 saturated heterocycles. The zero-order valence-electron chi connectivity index (χ0n) is 16.4. The molecule has 0 N–H and O–H groups in total. The molecule has 0 bridgehead atoms. The van der Waals surface area contributed by atoms with Gasteiger partial charge in [0.25, 0.3) is 0 Å². The van der Waals surface area contributed by atoms with E-state index in [1.807, 2.05) is 22.7 Å². The van der Waals surface area contributed by atoms with E-state index in [-0.39, 0.29) is 11.9 Å². The van der Waals surface area contributed by atoms with Crippen LogP contribution in [0, 0.1) is 0 Å². The zero-order chi connectivity index (χ0) is 18.6. The van der Waals surface area contributed by atoms with Crippen LogP contribution in [-0.4, -0.2) is 54.4 Å². The van der Waals surface area contributed by atoms with Crippen LogP contribution in [0.4, 0.5) is 5.69 Å². The van der Waals surface area contributed by atoms with E-state index in [0.717, 1.165) is 43.9 Å². The Labute approximate surface area is 167 Å². The molecule has 0 spiro atoms. The van der Waals surface area contributed by atoms with Crippen molar-refractivity contribution < 1.29 is 9.53 Å². The highest BCUT2D eigenvalue weighted by atomic mass is 32.2. The summed E-state index contributed by atoms with van der Waals surface area (Å²) in [7, 11) is 0. The van der Waals surface area contributed by atoms with Crippen LogP contribution in [0.3, 0.4) is 0 Å². The van der Waals surface area contributed by atoms with Gasteiger partial charge in [-0.3, -0.25) is 9.69 Å². The second kappa shape index (κ2) is 8.97. The molecule has 27 heavy (non-hydrogen) atoms. The van der Waals surface area contributed by atoms with Gasteiger partial charge in [-0.1, -0.05) is 31.4 Å². The number of amides is 1. The molecule has 1 saturated carbocycles. The first-order valence-electron chi connectivity index (χ1n) is 10.6. The van der Waals surface area contributed by atoms with Crippen LogP contribution >= 0.6 is 11.8 Å².